The summed E-state index contributed by atoms with van der Waals surface area (Å²) in [5.41, 5.74) is 1.96. The van der Waals surface area contributed by atoms with E-state index in [-0.39, 0.29) is 16.7 Å². The Morgan fingerprint density at radius 1 is 1.39 bits per heavy atom. The molecule has 0 radical (unpaired) electrons. The number of nitrogens with one attached hydrogen (secondary N) is 2. The third kappa shape index (κ3) is 4.96. The maximum absolute atomic E-state index is 12.3. The molecule has 8 heteroatoms. The Kier molecular flexibility index (Phi) is 6.80. The van der Waals surface area contributed by atoms with Crippen molar-refractivity contribution in [2.75, 3.05) is 6.54 Å². The molecule has 1 amide bonds. The van der Waals surface area contributed by atoms with Gasteiger partial charge in [-0.3, -0.25) is 9.59 Å². The fourth-order valence-corrected chi connectivity index (χ4v) is 4.85. The van der Waals surface area contributed by atoms with Crippen LogP contribution in [0.4, 0.5) is 0 Å². The maximum atomic E-state index is 12.3. The van der Waals surface area contributed by atoms with Crippen molar-refractivity contribution < 1.29 is 4.79 Å². The number of H-pyrrole nitrogens is 1. The van der Waals surface area contributed by atoms with Crippen molar-refractivity contribution in [3.63, 3.8) is 0 Å². The highest BCUT2D eigenvalue weighted by atomic mass is 35.5. The monoisotopic (exact) mass is 435 g/mol. The number of nitrogens with zero attached hydrogens (tertiary/aromatic N) is 1. The van der Waals surface area contributed by atoms with Gasteiger partial charge in [0.1, 0.15) is 10.7 Å². The van der Waals surface area contributed by atoms with Crippen molar-refractivity contribution in [3.8, 4) is 0 Å². The number of thioether (sulfide) groups is 1. The smallest absolute Gasteiger partial charge is 0.259 e. The first-order valence-electron chi connectivity index (χ1n) is 8.98. The number of halogens is 1. The second-order valence-corrected chi connectivity index (χ2v) is 9.57. The van der Waals surface area contributed by atoms with Gasteiger partial charge >= 0.3 is 0 Å². The van der Waals surface area contributed by atoms with E-state index in [1.807, 2.05) is 45.0 Å². The Hall–Kier alpha value is -1.83. The number of carbonyl (C=O) groups excluding carboxylic acids is 1. The Bertz CT molecular complexity index is 1060. The van der Waals surface area contributed by atoms with Gasteiger partial charge in [-0.25, -0.2) is 4.98 Å². The standard InChI is InChI=1S/C20H22ClN3O2S2/c1-11-12(2)28-20-17(11)19(26)23-16(24-20)10-27-13(3)18(25)22-8-7-14-5-4-6-15(21)9-14/h4-6,9,13H,7-8,10H2,1-3H3,(H,22,25)(H,23,24,26). The van der Waals surface area contributed by atoms with Crippen molar-refractivity contribution in [2.24, 2.45) is 0 Å². The lowest BCUT2D eigenvalue weighted by Gasteiger charge is -2.12. The molecule has 28 heavy (non-hydrogen) atoms. The molecule has 1 unspecified atom stereocenters. The summed E-state index contributed by atoms with van der Waals surface area (Å²) in [6.07, 6.45) is 0.728. The summed E-state index contributed by atoms with van der Waals surface area (Å²) >= 11 is 8.95. The van der Waals surface area contributed by atoms with Gasteiger partial charge < -0.3 is 10.3 Å². The number of aromatic nitrogens is 2. The Morgan fingerprint density at radius 2 is 2.18 bits per heavy atom. The summed E-state index contributed by atoms with van der Waals surface area (Å²) in [7, 11) is 0. The third-order valence-corrected chi connectivity index (χ3v) is 7.02. The first kappa shape index (κ1) is 20.9. The molecule has 0 spiro atoms. The summed E-state index contributed by atoms with van der Waals surface area (Å²) in [5.74, 6) is 1.05. The highest BCUT2D eigenvalue weighted by Crippen LogP contribution is 2.26. The second-order valence-electron chi connectivity index (χ2n) is 6.60. The first-order chi connectivity index (χ1) is 13.3. The van der Waals surface area contributed by atoms with Crippen LogP contribution in [0.3, 0.4) is 0 Å². The normalized spacial score (nSPS) is 12.3. The zero-order valence-electron chi connectivity index (χ0n) is 16.0. The molecule has 0 aliphatic heterocycles. The van der Waals surface area contributed by atoms with E-state index in [0.29, 0.717) is 28.5 Å². The Balaban J connectivity index is 1.53. The van der Waals surface area contributed by atoms with Crippen molar-refractivity contribution >= 4 is 50.8 Å². The lowest BCUT2D eigenvalue weighted by Crippen LogP contribution is -2.32. The van der Waals surface area contributed by atoms with Crippen LogP contribution in [0.15, 0.2) is 29.1 Å². The van der Waals surface area contributed by atoms with E-state index in [1.54, 1.807) is 0 Å². The van der Waals surface area contributed by atoms with Crippen LogP contribution in [-0.2, 0) is 17.0 Å². The fraction of sp³-hybridized carbons (Fsp3) is 0.350. The molecule has 5 nitrogen and oxygen atoms in total. The number of thiophene rings is 1. The zero-order valence-corrected chi connectivity index (χ0v) is 18.4. The average molecular weight is 436 g/mol. The van der Waals surface area contributed by atoms with Crippen molar-refractivity contribution in [3.05, 3.63) is 61.5 Å². The summed E-state index contributed by atoms with van der Waals surface area (Å²) in [6, 6.07) is 7.62. The number of rotatable bonds is 7. The van der Waals surface area contributed by atoms with E-state index in [0.717, 1.165) is 27.3 Å². The fourth-order valence-electron chi connectivity index (χ4n) is 2.81. The minimum absolute atomic E-state index is 0.0294. The number of carbonyl (C=O) groups is 1. The molecule has 1 atom stereocenters. The number of amides is 1. The van der Waals surface area contributed by atoms with E-state index >= 15 is 0 Å². The zero-order chi connectivity index (χ0) is 20.3. The molecule has 148 valence electrons. The van der Waals surface area contributed by atoms with Crippen LogP contribution in [-0.4, -0.2) is 27.7 Å². The molecule has 2 N–H and O–H groups in total. The molecule has 0 bridgehead atoms. The highest BCUT2D eigenvalue weighted by Gasteiger charge is 2.16. The predicted octanol–water partition coefficient (Wildman–Crippen LogP) is 4.24. The van der Waals surface area contributed by atoms with E-state index < -0.39 is 0 Å². The molecule has 3 aromatic rings. The largest absolute Gasteiger partial charge is 0.355 e. The maximum Gasteiger partial charge on any atom is 0.259 e. The minimum atomic E-state index is -0.243. The van der Waals surface area contributed by atoms with Gasteiger partial charge in [-0.05, 0) is 50.5 Å². The quantitative estimate of drug-likeness (QED) is 0.582. The van der Waals surface area contributed by atoms with Gasteiger partial charge in [-0.2, -0.15) is 0 Å². The van der Waals surface area contributed by atoms with Gasteiger partial charge in [0.2, 0.25) is 5.91 Å². The average Bonchev–Trinajstić information content (AvgIpc) is 2.94. The molecule has 1 aromatic carbocycles. The van der Waals surface area contributed by atoms with Gasteiger partial charge in [-0.15, -0.1) is 23.1 Å². The van der Waals surface area contributed by atoms with Crippen LogP contribution < -0.4 is 10.9 Å². The third-order valence-electron chi connectivity index (χ3n) is 4.53. The molecule has 3 rings (SSSR count). The lowest BCUT2D eigenvalue weighted by atomic mass is 10.1. The molecule has 0 saturated heterocycles. The van der Waals surface area contributed by atoms with Crippen LogP contribution in [0.2, 0.25) is 5.02 Å². The Morgan fingerprint density at radius 3 is 2.93 bits per heavy atom. The lowest BCUT2D eigenvalue weighted by molar-refractivity contribution is -0.120. The van der Waals surface area contributed by atoms with Crippen LogP contribution in [0.25, 0.3) is 10.2 Å². The van der Waals surface area contributed by atoms with Crippen LogP contribution in [0.1, 0.15) is 28.8 Å². The molecule has 2 aromatic heterocycles. The summed E-state index contributed by atoms with van der Waals surface area (Å²) in [4.78, 5) is 33.9. The number of aromatic amines is 1. The number of hydrogen-bond donors (Lipinski definition) is 2. The summed E-state index contributed by atoms with van der Waals surface area (Å²) < 4.78 is 0. The van der Waals surface area contributed by atoms with Crippen LogP contribution in [0.5, 0.6) is 0 Å². The SMILES string of the molecule is Cc1sc2nc(CSC(C)C(=O)NCCc3cccc(Cl)c3)[nH]c(=O)c2c1C. The molecule has 0 aliphatic rings. The number of aryl methyl sites for hydroxylation is 2. The van der Waals surface area contributed by atoms with Crippen molar-refractivity contribution in [1.29, 1.82) is 0 Å². The molecule has 0 fully saturated rings. The number of benzene rings is 1. The topological polar surface area (TPSA) is 74.8 Å². The van der Waals surface area contributed by atoms with Crippen LogP contribution in [0, 0.1) is 13.8 Å². The van der Waals surface area contributed by atoms with Crippen molar-refractivity contribution in [2.45, 2.75) is 38.2 Å². The van der Waals surface area contributed by atoms with E-state index in [4.69, 9.17) is 11.6 Å². The van der Waals surface area contributed by atoms with E-state index in [2.05, 4.69) is 15.3 Å². The van der Waals surface area contributed by atoms with Gasteiger partial charge in [0, 0.05) is 16.4 Å². The molecular formula is C20H22ClN3O2S2. The second kappa shape index (κ2) is 9.11. The first-order valence-corrected chi connectivity index (χ1v) is 11.2. The number of hydrogen-bond acceptors (Lipinski definition) is 5. The summed E-state index contributed by atoms with van der Waals surface area (Å²) in [6.45, 7) is 6.34. The highest BCUT2D eigenvalue weighted by molar-refractivity contribution is 7.99. The summed E-state index contributed by atoms with van der Waals surface area (Å²) in [5, 5.41) is 4.07. The van der Waals surface area contributed by atoms with Crippen molar-refractivity contribution in [1.82, 2.24) is 15.3 Å². The molecule has 0 aliphatic carbocycles. The minimum Gasteiger partial charge on any atom is -0.355 e. The van der Waals surface area contributed by atoms with Gasteiger partial charge in [-0.1, -0.05) is 23.7 Å². The van der Waals surface area contributed by atoms with Gasteiger partial charge in [0.15, 0.2) is 0 Å². The van der Waals surface area contributed by atoms with E-state index in [1.165, 1.54) is 23.1 Å². The molecular weight excluding hydrogens is 414 g/mol. The molecule has 2 heterocycles. The Labute approximate surface area is 176 Å². The number of fused-ring (bicyclic) bond motifs is 1. The molecule has 0 saturated carbocycles. The van der Waals surface area contributed by atoms with E-state index in [9.17, 15) is 9.59 Å². The van der Waals surface area contributed by atoms with Crippen LogP contribution >= 0.6 is 34.7 Å². The predicted molar refractivity (Wildman–Crippen MR) is 119 cm³/mol. The van der Waals surface area contributed by atoms with Gasteiger partial charge in [0.25, 0.3) is 5.56 Å². The van der Waals surface area contributed by atoms with Gasteiger partial charge in [0.05, 0.1) is 16.4 Å².